The molecule has 0 aliphatic rings. The molecule has 1 aromatic heterocycles. The molecule has 2 N–H and O–H groups in total. The lowest BCUT2D eigenvalue weighted by Crippen LogP contribution is -2.18. The van der Waals surface area contributed by atoms with E-state index in [0.717, 1.165) is 12.1 Å². The van der Waals surface area contributed by atoms with E-state index in [1.54, 1.807) is 30.6 Å². The predicted molar refractivity (Wildman–Crippen MR) is 78.1 cm³/mol. The Labute approximate surface area is 117 Å². The van der Waals surface area contributed by atoms with Gasteiger partial charge in [0.25, 0.3) is 5.91 Å². The second-order valence-electron chi connectivity index (χ2n) is 4.17. The molecule has 5 nitrogen and oxygen atoms in total. The summed E-state index contributed by atoms with van der Waals surface area (Å²) < 4.78 is 5.54. The molecule has 0 saturated carbocycles. The maximum atomic E-state index is 12.0. The molecule has 1 aromatic carbocycles. The molecule has 0 radical (unpaired) electrons. The van der Waals surface area contributed by atoms with Crippen LogP contribution < -0.4 is 10.2 Å². The van der Waals surface area contributed by atoms with Crippen LogP contribution in [0.1, 0.15) is 29.4 Å². The third kappa shape index (κ3) is 3.71. The van der Waals surface area contributed by atoms with Gasteiger partial charge in [-0.3, -0.25) is 4.79 Å². The largest absolute Gasteiger partial charge is 0.493 e. The zero-order valence-corrected chi connectivity index (χ0v) is 11.3. The summed E-state index contributed by atoms with van der Waals surface area (Å²) >= 11 is 0. The number of aromatic nitrogens is 1. The Bertz CT molecular complexity index is 577. The number of rotatable bonds is 6. The van der Waals surface area contributed by atoms with E-state index < -0.39 is 0 Å². The molecule has 0 unspecified atom stereocenters. The number of hydrazone groups is 1. The molecular weight excluding hydrogens is 254 g/mol. The van der Waals surface area contributed by atoms with E-state index in [0.29, 0.717) is 17.9 Å². The van der Waals surface area contributed by atoms with Crippen molar-refractivity contribution in [3.05, 3.63) is 53.9 Å². The van der Waals surface area contributed by atoms with Crippen molar-refractivity contribution < 1.29 is 9.53 Å². The number of amides is 1. The Balaban J connectivity index is 2.01. The van der Waals surface area contributed by atoms with Crippen molar-refractivity contribution in [3.8, 4) is 5.75 Å². The van der Waals surface area contributed by atoms with Gasteiger partial charge in [-0.15, -0.1) is 0 Å². The molecule has 104 valence electrons. The molecule has 0 aliphatic carbocycles. The number of hydrogen-bond acceptors (Lipinski definition) is 3. The highest BCUT2D eigenvalue weighted by Gasteiger charge is 2.10. The third-order valence-corrected chi connectivity index (χ3v) is 2.59. The van der Waals surface area contributed by atoms with Gasteiger partial charge in [-0.2, -0.15) is 5.10 Å². The lowest BCUT2D eigenvalue weighted by atomic mass is 10.2. The Hall–Kier alpha value is -2.56. The lowest BCUT2D eigenvalue weighted by molar-refractivity contribution is 0.0951. The molecule has 5 heteroatoms. The first-order valence-corrected chi connectivity index (χ1v) is 6.50. The average molecular weight is 271 g/mol. The van der Waals surface area contributed by atoms with Crippen LogP contribution in [0.2, 0.25) is 0 Å². The number of para-hydroxylation sites is 1. The van der Waals surface area contributed by atoms with E-state index in [1.165, 1.54) is 0 Å². The van der Waals surface area contributed by atoms with Crippen LogP contribution in [0.25, 0.3) is 0 Å². The smallest absolute Gasteiger partial charge is 0.275 e. The second kappa shape index (κ2) is 7.13. The molecule has 2 aromatic rings. The number of hydrogen-bond donors (Lipinski definition) is 2. The molecule has 0 spiro atoms. The molecule has 0 bridgehead atoms. The summed E-state index contributed by atoms with van der Waals surface area (Å²) in [6, 6.07) is 10.8. The summed E-state index contributed by atoms with van der Waals surface area (Å²) in [5.41, 5.74) is 3.78. The van der Waals surface area contributed by atoms with Gasteiger partial charge < -0.3 is 9.72 Å². The average Bonchev–Trinajstić information content (AvgIpc) is 2.98. The fourth-order valence-corrected chi connectivity index (χ4v) is 1.64. The van der Waals surface area contributed by atoms with Crippen molar-refractivity contribution in [2.24, 2.45) is 5.10 Å². The van der Waals surface area contributed by atoms with Crippen LogP contribution in [0.15, 0.2) is 47.7 Å². The van der Waals surface area contributed by atoms with Gasteiger partial charge >= 0.3 is 0 Å². The first kappa shape index (κ1) is 13.9. The minimum Gasteiger partial charge on any atom is -0.493 e. The van der Waals surface area contributed by atoms with Gasteiger partial charge in [0.1, 0.15) is 5.75 Å². The van der Waals surface area contributed by atoms with Crippen molar-refractivity contribution in [2.45, 2.75) is 13.3 Å². The Morgan fingerprint density at radius 1 is 1.35 bits per heavy atom. The van der Waals surface area contributed by atoms with Crippen molar-refractivity contribution in [1.29, 1.82) is 0 Å². The summed E-state index contributed by atoms with van der Waals surface area (Å²) in [5, 5.41) is 3.90. The van der Waals surface area contributed by atoms with Crippen LogP contribution in [0.3, 0.4) is 0 Å². The summed E-state index contributed by atoms with van der Waals surface area (Å²) in [4.78, 5) is 15.0. The number of H-pyrrole nitrogens is 1. The molecule has 1 heterocycles. The number of aromatic amines is 1. The Kier molecular flexibility index (Phi) is 4.94. The fourth-order valence-electron chi connectivity index (χ4n) is 1.64. The second-order valence-corrected chi connectivity index (χ2v) is 4.17. The van der Waals surface area contributed by atoms with Gasteiger partial charge in [-0.05, 0) is 30.7 Å². The Morgan fingerprint density at radius 2 is 2.20 bits per heavy atom. The van der Waals surface area contributed by atoms with Crippen LogP contribution in [0.5, 0.6) is 5.75 Å². The molecule has 0 aliphatic heterocycles. The number of carbonyl (C=O) groups excluding carboxylic acids is 1. The topological polar surface area (TPSA) is 66.5 Å². The van der Waals surface area contributed by atoms with Gasteiger partial charge in [-0.1, -0.05) is 19.1 Å². The highest BCUT2D eigenvalue weighted by atomic mass is 16.5. The van der Waals surface area contributed by atoms with Crippen LogP contribution in [-0.4, -0.2) is 23.7 Å². The highest BCUT2D eigenvalue weighted by Crippen LogP contribution is 2.17. The quantitative estimate of drug-likeness (QED) is 0.626. The number of nitrogens with zero attached hydrogens (tertiary/aromatic N) is 1. The normalized spacial score (nSPS) is 10.7. The molecule has 2 rings (SSSR count). The van der Waals surface area contributed by atoms with E-state index in [9.17, 15) is 4.79 Å². The summed E-state index contributed by atoms with van der Waals surface area (Å²) in [6.45, 7) is 2.60. The van der Waals surface area contributed by atoms with E-state index in [1.807, 2.05) is 25.1 Å². The maximum Gasteiger partial charge on any atom is 0.275 e. The minimum absolute atomic E-state index is 0.292. The van der Waals surface area contributed by atoms with Crippen LogP contribution in [0, 0.1) is 0 Å². The number of nitrogens with one attached hydrogen (secondary N) is 2. The van der Waals surface area contributed by atoms with Crippen molar-refractivity contribution in [2.75, 3.05) is 6.61 Å². The van der Waals surface area contributed by atoms with Gasteiger partial charge in [0.15, 0.2) is 0 Å². The van der Waals surface area contributed by atoms with Gasteiger partial charge in [0.05, 0.1) is 24.1 Å². The van der Waals surface area contributed by atoms with Crippen LogP contribution in [-0.2, 0) is 0 Å². The summed E-state index contributed by atoms with van der Waals surface area (Å²) in [6.07, 6.45) is 4.23. The third-order valence-electron chi connectivity index (χ3n) is 2.59. The standard InChI is InChI=1S/C15H17N3O2/c1-2-10-20-14-8-4-3-7-13(14)15(19)18-17-11-12-6-5-9-16-12/h3-9,11,16H,2,10H2,1H3,(H,18,19)/b17-11+. The summed E-state index contributed by atoms with van der Waals surface area (Å²) in [7, 11) is 0. The van der Waals surface area contributed by atoms with Gasteiger partial charge in [-0.25, -0.2) is 5.43 Å². The maximum absolute atomic E-state index is 12.0. The molecule has 20 heavy (non-hydrogen) atoms. The molecule has 0 fully saturated rings. The highest BCUT2D eigenvalue weighted by molar-refractivity contribution is 5.97. The number of ether oxygens (including phenoxy) is 1. The van der Waals surface area contributed by atoms with Crippen molar-refractivity contribution >= 4 is 12.1 Å². The number of benzene rings is 1. The van der Waals surface area contributed by atoms with Crippen LogP contribution in [0.4, 0.5) is 0 Å². The first-order valence-electron chi connectivity index (χ1n) is 6.50. The zero-order chi connectivity index (χ0) is 14.2. The number of carbonyl (C=O) groups is 1. The van der Waals surface area contributed by atoms with Crippen LogP contribution >= 0.6 is 0 Å². The zero-order valence-electron chi connectivity index (χ0n) is 11.3. The summed E-state index contributed by atoms with van der Waals surface area (Å²) in [5.74, 6) is 0.279. The minimum atomic E-state index is -0.292. The Morgan fingerprint density at radius 3 is 2.95 bits per heavy atom. The SMILES string of the molecule is CCCOc1ccccc1C(=O)N/N=C/c1ccc[nH]1. The monoisotopic (exact) mass is 271 g/mol. The van der Waals surface area contributed by atoms with Gasteiger partial charge in [0, 0.05) is 6.20 Å². The fraction of sp³-hybridized carbons (Fsp3) is 0.200. The first-order chi connectivity index (χ1) is 9.81. The van der Waals surface area contributed by atoms with Crippen molar-refractivity contribution in [3.63, 3.8) is 0 Å². The van der Waals surface area contributed by atoms with E-state index in [4.69, 9.17) is 4.74 Å². The molecule has 0 atom stereocenters. The molecule has 0 saturated heterocycles. The lowest BCUT2D eigenvalue weighted by Gasteiger charge is -2.09. The molecular formula is C15H17N3O2. The van der Waals surface area contributed by atoms with E-state index in [2.05, 4.69) is 15.5 Å². The van der Waals surface area contributed by atoms with E-state index >= 15 is 0 Å². The molecule has 1 amide bonds. The predicted octanol–water partition coefficient (Wildman–Crippen LogP) is 2.57. The van der Waals surface area contributed by atoms with Gasteiger partial charge in [0.2, 0.25) is 0 Å². The van der Waals surface area contributed by atoms with Crippen molar-refractivity contribution in [1.82, 2.24) is 10.4 Å². The van der Waals surface area contributed by atoms with E-state index in [-0.39, 0.29) is 5.91 Å².